The molecule has 0 aromatic heterocycles. The van der Waals surface area contributed by atoms with Crippen LogP contribution < -0.4 is 4.90 Å². The van der Waals surface area contributed by atoms with Crippen molar-refractivity contribution >= 4 is 29.2 Å². The van der Waals surface area contributed by atoms with Crippen molar-refractivity contribution in [1.29, 1.82) is 0 Å². The summed E-state index contributed by atoms with van der Waals surface area (Å²) in [6.07, 6.45) is 4.16. The average molecular weight is 379 g/mol. The number of phenols is 2. The molecule has 0 atom stereocenters. The van der Waals surface area contributed by atoms with Crippen molar-refractivity contribution in [3.63, 3.8) is 0 Å². The maximum Gasteiger partial charge on any atom is 0.117 e. The van der Waals surface area contributed by atoms with E-state index in [-0.39, 0.29) is 11.5 Å². The summed E-state index contributed by atoms with van der Waals surface area (Å²) in [6.45, 7) is 0. The van der Waals surface area contributed by atoms with Gasteiger partial charge in [0.1, 0.15) is 11.5 Å². The third-order valence-electron chi connectivity index (χ3n) is 4.59. The number of anilines is 3. The Labute approximate surface area is 170 Å². The van der Waals surface area contributed by atoms with E-state index in [2.05, 4.69) is 24.3 Å². The molecule has 0 heterocycles. The molecule has 0 fully saturated rings. The van der Waals surface area contributed by atoms with Gasteiger partial charge in [-0.15, -0.1) is 0 Å². The Balaban J connectivity index is 1.68. The minimum absolute atomic E-state index is 0.190. The van der Waals surface area contributed by atoms with Gasteiger partial charge in [0.2, 0.25) is 0 Å². The largest absolute Gasteiger partial charge is 0.508 e. The third-order valence-corrected chi connectivity index (χ3v) is 4.59. The summed E-state index contributed by atoms with van der Waals surface area (Å²) in [5, 5.41) is 19.9. The zero-order valence-electron chi connectivity index (χ0n) is 15.8. The molecule has 0 radical (unpaired) electrons. The van der Waals surface area contributed by atoms with Crippen molar-refractivity contribution in [2.75, 3.05) is 4.90 Å². The van der Waals surface area contributed by atoms with Crippen LogP contribution in [0, 0.1) is 0 Å². The van der Waals surface area contributed by atoms with E-state index in [1.54, 1.807) is 36.4 Å². The van der Waals surface area contributed by atoms with Crippen molar-refractivity contribution in [1.82, 2.24) is 0 Å². The summed E-state index contributed by atoms with van der Waals surface area (Å²) in [6, 6.07) is 32.5. The van der Waals surface area contributed by atoms with E-state index in [1.165, 1.54) is 0 Å². The normalized spacial score (nSPS) is 10.9. The molecule has 0 bridgehead atoms. The Hall–Kier alpha value is -3.98. The summed E-state index contributed by atoms with van der Waals surface area (Å²) in [5.74, 6) is 0.380. The number of hydrogen-bond donors (Lipinski definition) is 2. The molecule has 0 saturated heterocycles. The van der Waals surface area contributed by atoms with Crippen LogP contribution in [0.5, 0.6) is 11.5 Å². The highest BCUT2D eigenvalue weighted by Gasteiger charge is 2.13. The van der Waals surface area contributed by atoms with Gasteiger partial charge < -0.3 is 15.1 Å². The molecule has 0 aliphatic carbocycles. The van der Waals surface area contributed by atoms with Crippen LogP contribution in [-0.2, 0) is 0 Å². The zero-order chi connectivity index (χ0) is 20.1. The number of phenolic OH excluding ortho intramolecular Hbond substituents is 2. The van der Waals surface area contributed by atoms with Gasteiger partial charge in [-0.1, -0.05) is 66.7 Å². The van der Waals surface area contributed by atoms with E-state index in [9.17, 15) is 10.2 Å². The molecule has 4 aromatic rings. The summed E-state index contributed by atoms with van der Waals surface area (Å²) >= 11 is 0. The van der Waals surface area contributed by atoms with Crippen LogP contribution in [0.2, 0.25) is 0 Å². The summed E-state index contributed by atoms with van der Waals surface area (Å²) in [4.78, 5) is 1.99. The fourth-order valence-electron chi connectivity index (χ4n) is 3.20. The number of hydrogen-bond acceptors (Lipinski definition) is 3. The standard InChI is InChI=1S/C26H21NO2/c28-25-10-4-8-23(18-25)27(24-9-5-11-26(29)19-24)22-16-14-21(15-17-22)13-12-20-6-2-1-3-7-20/h1-19,28-29H/b13-12+. The van der Waals surface area contributed by atoms with E-state index in [1.807, 2.05) is 59.5 Å². The Morgan fingerprint density at radius 3 is 1.52 bits per heavy atom. The molecule has 0 aliphatic heterocycles. The SMILES string of the molecule is Oc1cccc(N(c2ccc(/C=C/c3ccccc3)cc2)c2cccc(O)c2)c1. The maximum atomic E-state index is 9.95. The molecule has 4 rings (SSSR count). The van der Waals surface area contributed by atoms with Crippen molar-refractivity contribution in [2.24, 2.45) is 0 Å². The monoisotopic (exact) mass is 379 g/mol. The molecule has 0 amide bonds. The van der Waals surface area contributed by atoms with Crippen LogP contribution >= 0.6 is 0 Å². The molecule has 2 N–H and O–H groups in total. The first kappa shape index (κ1) is 18.4. The number of aromatic hydroxyl groups is 2. The Morgan fingerprint density at radius 2 is 1.00 bits per heavy atom. The Bertz CT molecular complexity index is 1070. The second-order valence-corrected chi connectivity index (χ2v) is 6.71. The number of rotatable bonds is 5. The topological polar surface area (TPSA) is 43.7 Å². The second kappa shape index (κ2) is 8.36. The van der Waals surface area contributed by atoms with Gasteiger partial charge in [0.05, 0.1) is 0 Å². The van der Waals surface area contributed by atoms with Gasteiger partial charge in [0, 0.05) is 29.2 Å². The van der Waals surface area contributed by atoms with Gasteiger partial charge in [-0.2, -0.15) is 0 Å². The fourth-order valence-corrected chi connectivity index (χ4v) is 3.20. The third kappa shape index (κ3) is 4.47. The highest BCUT2D eigenvalue weighted by molar-refractivity contribution is 5.79. The van der Waals surface area contributed by atoms with E-state index in [4.69, 9.17) is 0 Å². The van der Waals surface area contributed by atoms with Crippen LogP contribution in [0.1, 0.15) is 11.1 Å². The van der Waals surface area contributed by atoms with Crippen LogP contribution in [0.15, 0.2) is 103 Å². The molecule has 3 nitrogen and oxygen atoms in total. The summed E-state index contributed by atoms with van der Waals surface area (Å²) in [5.41, 5.74) is 4.78. The minimum atomic E-state index is 0.190. The molecule has 4 aromatic carbocycles. The maximum absolute atomic E-state index is 9.95. The van der Waals surface area contributed by atoms with Crippen LogP contribution in [0.3, 0.4) is 0 Å². The van der Waals surface area contributed by atoms with E-state index >= 15 is 0 Å². The molecule has 29 heavy (non-hydrogen) atoms. The quantitative estimate of drug-likeness (QED) is 0.377. The highest BCUT2D eigenvalue weighted by atomic mass is 16.3. The minimum Gasteiger partial charge on any atom is -0.508 e. The van der Waals surface area contributed by atoms with Crippen molar-refractivity contribution < 1.29 is 10.2 Å². The average Bonchev–Trinajstić information content (AvgIpc) is 2.74. The van der Waals surface area contributed by atoms with Gasteiger partial charge in [-0.25, -0.2) is 0 Å². The molecule has 0 spiro atoms. The lowest BCUT2D eigenvalue weighted by atomic mass is 10.1. The first-order chi connectivity index (χ1) is 14.2. The molecule has 142 valence electrons. The lowest BCUT2D eigenvalue weighted by Gasteiger charge is -2.25. The molecular formula is C26H21NO2. The fraction of sp³-hybridized carbons (Fsp3) is 0. The van der Waals surface area contributed by atoms with Gasteiger partial charge >= 0.3 is 0 Å². The second-order valence-electron chi connectivity index (χ2n) is 6.71. The van der Waals surface area contributed by atoms with Crippen LogP contribution in [-0.4, -0.2) is 10.2 Å². The lowest BCUT2D eigenvalue weighted by molar-refractivity contribution is 0.475. The lowest BCUT2D eigenvalue weighted by Crippen LogP contribution is -2.09. The van der Waals surface area contributed by atoms with Crippen molar-refractivity contribution in [3.05, 3.63) is 114 Å². The van der Waals surface area contributed by atoms with Crippen LogP contribution in [0.4, 0.5) is 17.1 Å². The van der Waals surface area contributed by atoms with Gasteiger partial charge in [-0.3, -0.25) is 0 Å². The van der Waals surface area contributed by atoms with Gasteiger partial charge in [0.15, 0.2) is 0 Å². The Kier molecular flexibility index (Phi) is 5.30. The van der Waals surface area contributed by atoms with Crippen molar-refractivity contribution in [3.8, 4) is 11.5 Å². The first-order valence-electron chi connectivity index (χ1n) is 9.40. The number of benzene rings is 4. The Morgan fingerprint density at radius 1 is 0.483 bits per heavy atom. The van der Waals surface area contributed by atoms with E-state index in [0.717, 1.165) is 28.2 Å². The van der Waals surface area contributed by atoms with Crippen molar-refractivity contribution in [2.45, 2.75) is 0 Å². The summed E-state index contributed by atoms with van der Waals surface area (Å²) < 4.78 is 0. The predicted octanol–water partition coefficient (Wildman–Crippen LogP) is 6.74. The summed E-state index contributed by atoms with van der Waals surface area (Å²) in [7, 11) is 0. The number of nitrogens with zero attached hydrogens (tertiary/aromatic N) is 1. The van der Waals surface area contributed by atoms with E-state index in [0.29, 0.717) is 0 Å². The molecule has 0 saturated carbocycles. The van der Waals surface area contributed by atoms with E-state index < -0.39 is 0 Å². The van der Waals surface area contributed by atoms with Gasteiger partial charge in [0.25, 0.3) is 0 Å². The van der Waals surface area contributed by atoms with Crippen LogP contribution in [0.25, 0.3) is 12.2 Å². The molecular weight excluding hydrogens is 358 g/mol. The molecule has 0 unspecified atom stereocenters. The predicted molar refractivity (Wildman–Crippen MR) is 120 cm³/mol. The zero-order valence-corrected chi connectivity index (χ0v) is 15.8. The molecule has 0 aliphatic rings. The highest BCUT2D eigenvalue weighted by Crippen LogP contribution is 2.37. The van der Waals surface area contributed by atoms with Gasteiger partial charge in [-0.05, 0) is 47.5 Å². The smallest absolute Gasteiger partial charge is 0.117 e. The molecule has 3 heteroatoms. The first-order valence-corrected chi connectivity index (χ1v) is 9.40.